The van der Waals surface area contributed by atoms with Crippen LogP contribution in [0.1, 0.15) is 23.0 Å². The highest BCUT2D eigenvalue weighted by Gasteiger charge is 2.30. The van der Waals surface area contributed by atoms with Gasteiger partial charge >= 0.3 is 5.97 Å². The molecule has 0 unspecified atom stereocenters. The van der Waals surface area contributed by atoms with E-state index in [4.69, 9.17) is 4.74 Å². The number of halogens is 1. The van der Waals surface area contributed by atoms with Crippen LogP contribution in [0, 0.1) is 5.82 Å². The summed E-state index contributed by atoms with van der Waals surface area (Å²) >= 11 is 1.57. The Morgan fingerprint density at radius 3 is 2.84 bits per heavy atom. The van der Waals surface area contributed by atoms with Crippen molar-refractivity contribution in [2.45, 2.75) is 17.6 Å². The number of thioether (sulfide) groups is 1. The zero-order valence-electron chi connectivity index (χ0n) is 13.5. The van der Waals surface area contributed by atoms with Crippen LogP contribution in [-0.4, -0.2) is 22.4 Å². The summed E-state index contributed by atoms with van der Waals surface area (Å²) in [5.41, 5.74) is 3.39. The molecule has 1 aliphatic rings. The maximum atomic E-state index is 13.9. The minimum atomic E-state index is -0.450. The lowest BCUT2D eigenvalue weighted by atomic mass is 10.1. The van der Waals surface area contributed by atoms with Crippen molar-refractivity contribution in [3.63, 3.8) is 0 Å². The third-order valence-corrected chi connectivity index (χ3v) is 5.12. The van der Waals surface area contributed by atoms with Crippen molar-refractivity contribution in [2.24, 2.45) is 0 Å². The van der Waals surface area contributed by atoms with Gasteiger partial charge in [-0.15, -0.1) is 11.8 Å². The fourth-order valence-corrected chi connectivity index (χ4v) is 3.99. The SMILES string of the molecule is CCOC(=O)c1nn(-c2ccccc2)c2c1CSc1ccc(F)cc1-2. The van der Waals surface area contributed by atoms with Crippen LogP contribution < -0.4 is 0 Å². The number of esters is 1. The molecule has 0 N–H and O–H groups in total. The summed E-state index contributed by atoms with van der Waals surface area (Å²) in [5, 5.41) is 4.52. The van der Waals surface area contributed by atoms with Crippen molar-refractivity contribution < 1.29 is 13.9 Å². The summed E-state index contributed by atoms with van der Waals surface area (Å²) in [6.07, 6.45) is 0. The highest BCUT2D eigenvalue weighted by molar-refractivity contribution is 7.98. The molecule has 3 aromatic rings. The molecule has 0 saturated carbocycles. The van der Waals surface area contributed by atoms with Crippen LogP contribution in [0.3, 0.4) is 0 Å². The van der Waals surface area contributed by atoms with Gasteiger partial charge < -0.3 is 4.74 Å². The quantitative estimate of drug-likeness (QED) is 0.652. The topological polar surface area (TPSA) is 44.1 Å². The number of aromatic nitrogens is 2. The molecule has 0 radical (unpaired) electrons. The molecule has 6 heteroatoms. The van der Waals surface area contributed by atoms with E-state index >= 15 is 0 Å². The molecule has 2 heterocycles. The first kappa shape index (κ1) is 15.9. The first-order valence-electron chi connectivity index (χ1n) is 7.96. The molecule has 0 bridgehead atoms. The van der Waals surface area contributed by atoms with E-state index in [2.05, 4.69) is 5.10 Å². The van der Waals surface area contributed by atoms with Crippen LogP contribution in [0.15, 0.2) is 53.4 Å². The molecule has 4 rings (SSSR count). The maximum Gasteiger partial charge on any atom is 0.359 e. The van der Waals surface area contributed by atoms with Gasteiger partial charge in [0.1, 0.15) is 5.82 Å². The van der Waals surface area contributed by atoms with Crippen LogP contribution in [0.25, 0.3) is 16.9 Å². The Kier molecular flexibility index (Phi) is 4.05. The van der Waals surface area contributed by atoms with Crippen molar-refractivity contribution in [3.8, 4) is 16.9 Å². The Morgan fingerprint density at radius 2 is 2.08 bits per heavy atom. The molecule has 1 aliphatic heterocycles. The molecule has 0 spiro atoms. The van der Waals surface area contributed by atoms with E-state index in [9.17, 15) is 9.18 Å². The van der Waals surface area contributed by atoms with Gasteiger partial charge in [-0.05, 0) is 37.3 Å². The van der Waals surface area contributed by atoms with Gasteiger partial charge in [0, 0.05) is 21.8 Å². The highest BCUT2D eigenvalue weighted by Crippen LogP contribution is 2.44. The van der Waals surface area contributed by atoms with Gasteiger partial charge in [-0.3, -0.25) is 0 Å². The van der Waals surface area contributed by atoms with E-state index in [-0.39, 0.29) is 12.4 Å². The van der Waals surface area contributed by atoms with E-state index in [0.717, 1.165) is 27.4 Å². The zero-order chi connectivity index (χ0) is 17.4. The largest absolute Gasteiger partial charge is 0.461 e. The Bertz CT molecular complexity index is 954. The third-order valence-electron chi connectivity index (χ3n) is 4.02. The highest BCUT2D eigenvalue weighted by atomic mass is 32.2. The molecule has 0 saturated heterocycles. The van der Waals surface area contributed by atoms with Crippen LogP contribution in [-0.2, 0) is 10.5 Å². The molecular weight excluding hydrogens is 339 g/mol. The number of nitrogens with zero attached hydrogens (tertiary/aromatic N) is 2. The number of benzene rings is 2. The standard InChI is InChI=1S/C19H15FN2O2S/c1-2-24-19(23)17-15-11-25-16-9-8-12(20)10-14(16)18(15)22(21-17)13-6-4-3-5-7-13/h3-10H,2,11H2,1H3. The van der Waals surface area contributed by atoms with Gasteiger partial charge in [-0.25, -0.2) is 13.9 Å². The van der Waals surface area contributed by atoms with E-state index in [1.807, 2.05) is 30.3 Å². The predicted octanol–water partition coefficient (Wildman–Crippen LogP) is 4.46. The predicted molar refractivity (Wildman–Crippen MR) is 94.5 cm³/mol. The van der Waals surface area contributed by atoms with Gasteiger partial charge in [0.05, 0.1) is 18.0 Å². The van der Waals surface area contributed by atoms with Crippen molar-refractivity contribution in [3.05, 3.63) is 65.6 Å². The number of rotatable bonds is 3. The fraction of sp³-hybridized carbons (Fsp3) is 0.158. The second-order valence-corrected chi connectivity index (χ2v) is 6.59. The molecule has 4 nitrogen and oxygen atoms in total. The summed E-state index contributed by atoms with van der Waals surface area (Å²) in [7, 11) is 0. The first-order valence-corrected chi connectivity index (χ1v) is 8.94. The number of ether oxygens (including phenoxy) is 1. The summed E-state index contributed by atoms with van der Waals surface area (Å²) in [4.78, 5) is 13.3. The summed E-state index contributed by atoms with van der Waals surface area (Å²) in [5.74, 6) is -0.172. The van der Waals surface area contributed by atoms with Crippen molar-refractivity contribution >= 4 is 17.7 Å². The van der Waals surface area contributed by atoms with E-state index in [1.165, 1.54) is 12.1 Å². The Hall–Kier alpha value is -2.60. The number of carbonyl (C=O) groups is 1. The van der Waals surface area contributed by atoms with Gasteiger partial charge in [0.15, 0.2) is 5.69 Å². The second kappa shape index (κ2) is 6.37. The lowest BCUT2D eigenvalue weighted by Crippen LogP contribution is -2.08. The average Bonchev–Trinajstić information content (AvgIpc) is 3.03. The average molecular weight is 354 g/mol. The molecular formula is C19H15FN2O2S. The number of para-hydroxylation sites is 1. The normalized spacial score (nSPS) is 12.4. The molecule has 126 valence electrons. The third kappa shape index (κ3) is 2.72. The molecule has 0 aliphatic carbocycles. The van der Waals surface area contributed by atoms with Gasteiger partial charge in [-0.2, -0.15) is 5.10 Å². The van der Waals surface area contributed by atoms with E-state index in [1.54, 1.807) is 29.4 Å². The minimum Gasteiger partial charge on any atom is -0.461 e. The van der Waals surface area contributed by atoms with Crippen LogP contribution in [0.4, 0.5) is 4.39 Å². The lowest BCUT2D eigenvalue weighted by Gasteiger charge is -2.18. The fourth-order valence-electron chi connectivity index (χ4n) is 2.95. The molecule has 0 fully saturated rings. The van der Waals surface area contributed by atoms with Gasteiger partial charge in [-0.1, -0.05) is 18.2 Å². The smallest absolute Gasteiger partial charge is 0.359 e. The lowest BCUT2D eigenvalue weighted by molar-refractivity contribution is 0.0518. The van der Waals surface area contributed by atoms with Crippen LogP contribution in [0.5, 0.6) is 0 Å². The Balaban J connectivity index is 1.98. The summed E-state index contributed by atoms with van der Waals surface area (Å²) < 4.78 is 20.7. The molecule has 25 heavy (non-hydrogen) atoms. The number of hydrogen-bond acceptors (Lipinski definition) is 4. The summed E-state index contributed by atoms with van der Waals surface area (Å²) in [6.45, 7) is 2.04. The second-order valence-electron chi connectivity index (χ2n) is 5.57. The van der Waals surface area contributed by atoms with E-state index in [0.29, 0.717) is 11.4 Å². The van der Waals surface area contributed by atoms with Crippen LogP contribution in [0.2, 0.25) is 0 Å². The molecule has 1 aromatic heterocycles. The molecule has 2 aromatic carbocycles. The van der Waals surface area contributed by atoms with Crippen molar-refractivity contribution in [1.29, 1.82) is 0 Å². The monoisotopic (exact) mass is 354 g/mol. The van der Waals surface area contributed by atoms with Gasteiger partial charge in [0.25, 0.3) is 0 Å². The van der Waals surface area contributed by atoms with Crippen LogP contribution >= 0.6 is 11.8 Å². The number of hydrogen-bond donors (Lipinski definition) is 0. The maximum absolute atomic E-state index is 13.9. The number of carbonyl (C=O) groups excluding carboxylic acids is 1. The Morgan fingerprint density at radius 1 is 1.28 bits per heavy atom. The molecule has 0 amide bonds. The van der Waals surface area contributed by atoms with Crippen molar-refractivity contribution in [1.82, 2.24) is 9.78 Å². The zero-order valence-corrected chi connectivity index (χ0v) is 14.3. The minimum absolute atomic E-state index is 0.282. The number of fused-ring (bicyclic) bond motifs is 3. The summed E-state index contributed by atoms with van der Waals surface area (Å²) in [6, 6.07) is 14.2. The molecule has 0 atom stereocenters. The van der Waals surface area contributed by atoms with Crippen molar-refractivity contribution in [2.75, 3.05) is 6.61 Å². The Labute approximate surface area is 148 Å². The van der Waals surface area contributed by atoms with Gasteiger partial charge in [0.2, 0.25) is 0 Å². The first-order chi connectivity index (χ1) is 12.2. The van der Waals surface area contributed by atoms with E-state index < -0.39 is 5.97 Å².